The smallest absolute Gasteiger partial charge is 0.0400 e. The van der Waals surface area contributed by atoms with E-state index in [-0.39, 0.29) is 0 Å². The third-order valence-corrected chi connectivity index (χ3v) is 1.70. The van der Waals surface area contributed by atoms with Gasteiger partial charge in [-0.2, -0.15) is 0 Å². The summed E-state index contributed by atoms with van der Waals surface area (Å²) in [6.07, 6.45) is 0. The first-order valence-electron chi connectivity index (χ1n) is 3.52. The summed E-state index contributed by atoms with van der Waals surface area (Å²) in [5.41, 5.74) is 6.27. The van der Waals surface area contributed by atoms with Crippen LogP contribution in [0.2, 0.25) is 0 Å². The molecule has 0 fully saturated rings. The highest BCUT2D eigenvalue weighted by Crippen LogP contribution is 2.15. The molecule has 2 rings (SSSR count). The van der Waals surface area contributed by atoms with Gasteiger partial charge in [-0.3, -0.25) is 0 Å². The van der Waals surface area contributed by atoms with Crippen molar-refractivity contribution in [3.63, 3.8) is 0 Å². The predicted molar refractivity (Wildman–Crippen MR) is 47.2 cm³/mol. The summed E-state index contributed by atoms with van der Waals surface area (Å²) < 4.78 is 0. The Balaban J connectivity index is 2.83. The van der Waals surface area contributed by atoms with E-state index >= 15 is 0 Å². The highest BCUT2D eigenvalue weighted by atomic mass is 14.5. The Hall–Kier alpha value is -1.50. The standard InChI is InChI=1S/C10H8N/c11-10-6-5-8-3-1-2-4-9(8)7-10/h1-5,7H,11H2. The number of hydrogen-bond acceptors (Lipinski definition) is 1. The second-order valence-corrected chi connectivity index (χ2v) is 2.52. The Morgan fingerprint density at radius 1 is 1.09 bits per heavy atom. The normalized spacial score (nSPS) is 10.2. The second-order valence-electron chi connectivity index (χ2n) is 2.52. The Bertz CT molecular complexity index is 379. The molecule has 2 aromatic rings. The summed E-state index contributed by atoms with van der Waals surface area (Å²) in [6, 6.07) is 14.9. The molecule has 1 nitrogen and oxygen atoms in total. The zero-order chi connectivity index (χ0) is 7.68. The largest absolute Gasteiger partial charge is 0.398 e. The number of nitrogens with two attached hydrogens (primary N) is 1. The van der Waals surface area contributed by atoms with E-state index in [0.29, 0.717) is 5.69 Å². The van der Waals surface area contributed by atoms with E-state index in [0.717, 1.165) is 0 Å². The maximum atomic E-state index is 5.57. The van der Waals surface area contributed by atoms with Gasteiger partial charge in [-0.25, -0.2) is 0 Å². The van der Waals surface area contributed by atoms with Crippen LogP contribution in [0.25, 0.3) is 10.8 Å². The van der Waals surface area contributed by atoms with Gasteiger partial charge in [0.2, 0.25) is 0 Å². The topological polar surface area (TPSA) is 26.0 Å². The van der Waals surface area contributed by atoms with E-state index in [9.17, 15) is 0 Å². The van der Waals surface area contributed by atoms with Gasteiger partial charge in [0.1, 0.15) is 0 Å². The summed E-state index contributed by atoms with van der Waals surface area (Å²) in [5.74, 6) is 0. The molecule has 0 saturated carbocycles. The monoisotopic (exact) mass is 142 g/mol. The second kappa shape index (κ2) is 2.27. The van der Waals surface area contributed by atoms with Gasteiger partial charge in [0.05, 0.1) is 0 Å². The Labute approximate surface area is 65.5 Å². The van der Waals surface area contributed by atoms with Crippen LogP contribution in [0.3, 0.4) is 0 Å². The average Bonchev–Trinajstić information content (AvgIpc) is 2.04. The van der Waals surface area contributed by atoms with E-state index < -0.39 is 0 Å². The van der Waals surface area contributed by atoms with E-state index in [4.69, 9.17) is 5.73 Å². The molecule has 0 amide bonds. The average molecular weight is 142 g/mol. The molecular weight excluding hydrogens is 134 g/mol. The van der Waals surface area contributed by atoms with Crippen LogP contribution in [0.15, 0.2) is 36.4 Å². The minimum absolute atomic E-state index is 0.698. The molecule has 0 aromatic heterocycles. The summed E-state index contributed by atoms with van der Waals surface area (Å²) >= 11 is 0. The van der Waals surface area contributed by atoms with Crippen molar-refractivity contribution in [1.29, 1.82) is 0 Å². The van der Waals surface area contributed by atoms with Crippen LogP contribution in [0.4, 0.5) is 5.69 Å². The van der Waals surface area contributed by atoms with Crippen molar-refractivity contribution in [2.45, 2.75) is 0 Å². The summed E-state index contributed by atoms with van der Waals surface area (Å²) in [6.45, 7) is 0. The summed E-state index contributed by atoms with van der Waals surface area (Å²) in [4.78, 5) is 0. The van der Waals surface area contributed by atoms with Gasteiger partial charge in [0, 0.05) is 11.8 Å². The Morgan fingerprint density at radius 3 is 2.64 bits per heavy atom. The van der Waals surface area contributed by atoms with Gasteiger partial charge in [0.25, 0.3) is 0 Å². The number of fused-ring (bicyclic) bond motifs is 1. The lowest BCUT2D eigenvalue weighted by Gasteiger charge is -1.96. The van der Waals surface area contributed by atoms with Crippen molar-refractivity contribution in [2.75, 3.05) is 5.73 Å². The Morgan fingerprint density at radius 2 is 1.82 bits per heavy atom. The number of rotatable bonds is 0. The van der Waals surface area contributed by atoms with E-state index in [1.54, 1.807) is 0 Å². The molecular formula is C10H8N. The molecule has 0 saturated heterocycles. The maximum absolute atomic E-state index is 5.57. The fourth-order valence-corrected chi connectivity index (χ4v) is 1.14. The lowest BCUT2D eigenvalue weighted by Crippen LogP contribution is -1.83. The van der Waals surface area contributed by atoms with E-state index in [1.807, 2.05) is 36.4 Å². The minimum atomic E-state index is 0.698. The van der Waals surface area contributed by atoms with Gasteiger partial charge < -0.3 is 5.73 Å². The van der Waals surface area contributed by atoms with Crippen LogP contribution in [0.1, 0.15) is 0 Å². The first-order chi connectivity index (χ1) is 5.36. The van der Waals surface area contributed by atoms with Crippen LogP contribution < -0.4 is 5.73 Å². The van der Waals surface area contributed by atoms with Gasteiger partial charge in [-0.15, -0.1) is 0 Å². The third kappa shape index (κ3) is 1.05. The van der Waals surface area contributed by atoms with Crippen molar-refractivity contribution in [1.82, 2.24) is 0 Å². The molecule has 0 heterocycles. The molecule has 0 aliphatic rings. The molecule has 0 spiro atoms. The van der Waals surface area contributed by atoms with Crippen molar-refractivity contribution < 1.29 is 0 Å². The molecule has 0 aliphatic carbocycles. The van der Waals surface area contributed by atoms with Gasteiger partial charge in [0.15, 0.2) is 0 Å². The van der Waals surface area contributed by atoms with Crippen molar-refractivity contribution in [3.05, 3.63) is 42.5 Å². The summed E-state index contributed by atoms with van der Waals surface area (Å²) in [7, 11) is 0. The highest BCUT2D eigenvalue weighted by molar-refractivity contribution is 5.84. The SMILES string of the molecule is Nc1[c]cc2ccccc2c1. The molecule has 1 heteroatoms. The third-order valence-electron chi connectivity index (χ3n) is 1.70. The van der Waals surface area contributed by atoms with Gasteiger partial charge in [-0.05, 0) is 22.9 Å². The minimum Gasteiger partial charge on any atom is -0.398 e. The fourth-order valence-electron chi connectivity index (χ4n) is 1.14. The molecule has 0 atom stereocenters. The molecule has 0 aliphatic heterocycles. The van der Waals surface area contributed by atoms with E-state index in [2.05, 4.69) is 6.07 Å². The van der Waals surface area contributed by atoms with Crippen molar-refractivity contribution in [2.24, 2.45) is 0 Å². The van der Waals surface area contributed by atoms with Crippen LogP contribution in [0.5, 0.6) is 0 Å². The molecule has 0 bridgehead atoms. The first-order valence-corrected chi connectivity index (χ1v) is 3.52. The number of hydrogen-bond donors (Lipinski definition) is 1. The molecule has 2 N–H and O–H groups in total. The zero-order valence-corrected chi connectivity index (χ0v) is 6.04. The van der Waals surface area contributed by atoms with Crippen molar-refractivity contribution >= 4 is 16.5 Å². The van der Waals surface area contributed by atoms with Crippen LogP contribution >= 0.6 is 0 Å². The van der Waals surface area contributed by atoms with E-state index in [1.165, 1.54) is 10.8 Å². The van der Waals surface area contributed by atoms with Gasteiger partial charge in [-0.1, -0.05) is 24.3 Å². The fraction of sp³-hybridized carbons (Fsp3) is 0. The predicted octanol–water partition coefficient (Wildman–Crippen LogP) is 2.22. The van der Waals surface area contributed by atoms with Crippen LogP contribution in [-0.2, 0) is 0 Å². The highest BCUT2D eigenvalue weighted by Gasteiger charge is 1.90. The lowest BCUT2D eigenvalue weighted by molar-refractivity contribution is 1.71. The van der Waals surface area contributed by atoms with Crippen LogP contribution in [-0.4, -0.2) is 0 Å². The summed E-state index contributed by atoms with van der Waals surface area (Å²) in [5, 5.41) is 2.35. The molecule has 1 radical (unpaired) electrons. The number of nitrogen functional groups attached to an aromatic ring is 1. The molecule has 11 heavy (non-hydrogen) atoms. The lowest BCUT2D eigenvalue weighted by atomic mass is 10.1. The number of anilines is 1. The molecule has 0 unspecified atom stereocenters. The molecule has 2 aromatic carbocycles. The van der Waals surface area contributed by atoms with Gasteiger partial charge >= 0.3 is 0 Å². The molecule has 53 valence electrons. The zero-order valence-electron chi connectivity index (χ0n) is 6.04. The Kier molecular flexibility index (Phi) is 1.29. The first kappa shape index (κ1) is 6.23. The van der Waals surface area contributed by atoms with Crippen LogP contribution in [0, 0.1) is 6.07 Å². The number of benzene rings is 2. The van der Waals surface area contributed by atoms with Crippen molar-refractivity contribution in [3.8, 4) is 0 Å². The maximum Gasteiger partial charge on any atom is 0.0400 e. The quantitative estimate of drug-likeness (QED) is 0.561.